The van der Waals surface area contributed by atoms with Crippen LogP contribution in [0.25, 0.3) is 0 Å². The summed E-state index contributed by atoms with van der Waals surface area (Å²) in [5.41, 5.74) is 2.31. The van der Waals surface area contributed by atoms with Gasteiger partial charge in [-0.3, -0.25) is 9.78 Å². The molecule has 3 heteroatoms. The van der Waals surface area contributed by atoms with Gasteiger partial charge in [0, 0.05) is 17.3 Å². The Labute approximate surface area is 109 Å². The Bertz CT molecular complexity index is 413. The summed E-state index contributed by atoms with van der Waals surface area (Å²) in [5, 5.41) is 8.85. The van der Waals surface area contributed by atoms with Gasteiger partial charge < -0.3 is 5.11 Å². The van der Waals surface area contributed by atoms with Crippen molar-refractivity contribution < 1.29 is 9.90 Å². The Morgan fingerprint density at radius 2 is 2.17 bits per heavy atom. The third kappa shape index (κ3) is 4.13. The molecule has 0 fully saturated rings. The number of rotatable bonds is 6. The number of carbonyl (C=O) groups is 1. The minimum absolute atomic E-state index is 0.00421. The highest BCUT2D eigenvalue weighted by Crippen LogP contribution is 2.28. The number of hydrogen-bond acceptors (Lipinski definition) is 2. The first-order valence-corrected chi connectivity index (χ1v) is 6.49. The van der Waals surface area contributed by atoms with Crippen molar-refractivity contribution in [3.05, 3.63) is 29.6 Å². The summed E-state index contributed by atoms with van der Waals surface area (Å²) in [6.07, 6.45) is 4.44. The normalized spacial score (nSPS) is 13.3. The Morgan fingerprint density at radius 3 is 2.72 bits per heavy atom. The summed E-state index contributed by atoms with van der Waals surface area (Å²) >= 11 is 0. The molecular weight excluding hydrogens is 226 g/mol. The van der Waals surface area contributed by atoms with E-state index in [0.717, 1.165) is 25.0 Å². The lowest BCUT2D eigenvalue weighted by molar-refractivity contribution is -0.141. The lowest BCUT2D eigenvalue weighted by Crippen LogP contribution is -2.20. The van der Waals surface area contributed by atoms with E-state index >= 15 is 0 Å². The van der Waals surface area contributed by atoms with Crippen LogP contribution in [0.4, 0.5) is 0 Å². The molecule has 1 unspecified atom stereocenters. The van der Waals surface area contributed by atoms with Crippen molar-refractivity contribution in [1.82, 2.24) is 4.98 Å². The SMILES string of the molecule is Cc1ccnc(C(C)(C)CCCC(C)C(=O)O)c1. The van der Waals surface area contributed by atoms with Crippen molar-refractivity contribution in [2.75, 3.05) is 0 Å². The summed E-state index contributed by atoms with van der Waals surface area (Å²) in [6.45, 7) is 8.16. The van der Waals surface area contributed by atoms with Crippen LogP contribution in [0.3, 0.4) is 0 Å². The molecular formula is C15H23NO2. The molecule has 0 amide bonds. The first kappa shape index (κ1) is 14.7. The third-order valence-electron chi connectivity index (χ3n) is 3.47. The lowest BCUT2D eigenvalue weighted by atomic mass is 9.82. The first-order valence-electron chi connectivity index (χ1n) is 6.49. The zero-order chi connectivity index (χ0) is 13.8. The molecule has 0 aliphatic carbocycles. The zero-order valence-corrected chi connectivity index (χ0v) is 11.7. The van der Waals surface area contributed by atoms with Crippen LogP contribution in [0, 0.1) is 12.8 Å². The number of carboxylic acid groups (broad SMARTS) is 1. The molecule has 0 aromatic carbocycles. The Kier molecular flexibility index (Phi) is 4.88. The van der Waals surface area contributed by atoms with Crippen LogP contribution in [0.1, 0.15) is 51.3 Å². The molecule has 1 aromatic heterocycles. The van der Waals surface area contributed by atoms with Crippen molar-refractivity contribution in [2.45, 2.75) is 52.4 Å². The highest BCUT2D eigenvalue weighted by molar-refractivity contribution is 5.69. The fourth-order valence-corrected chi connectivity index (χ4v) is 2.01. The maximum atomic E-state index is 10.8. The first-order chi connectivity index (χ1) is 8.33. The van der Waals surface area contributed by atoms with E-state index in [2.05, 4.69) is 31.8 Å². The quantitative estimate of drug-likeness (QED) is 0.838. The smallest absolute Gasteiger partial charge is 0.306 e. The molecule has 1 heterocycles. The number of nitrogens with zero attached hydrogens (tertiary/aromatic N) is 1. The molecule has 0 spiro atoms. The number of carboxylic acids is 1. The van der Waals surface area contributed by atoms with Crippen LogP contribution >= 0.6 is 0 Å². The molecule has 100 valence electrons. The second kappa shape index (κ2) is 5.98. The molecule has 0 saturated carbocycles. The molecule has 1 aromatic rings. The Balaban J connectivity index is 2.57. The molecule has 0 bridgehead atoms. The third-order valence-corrected chi connectivity index (χ3v) is 3.47. The maximum Gasteiger partial charge on any atom is 0.306 e. The predicted octanol–water partition coefficient (Wildman–Crippen LogP) is 3.56. The van der Waals surface area contributed by atoms with E-state index in [1.54, 1.807) is 6.92 Å². The monoisotopic (exact) mass is 249 g/mol. The van der Waals surface area contributed by atoms with Gasteiger partial charge in [-0.2, -0.15) is 0 Å². The molecule has 1 atom stereocenters. The van der Waals surface area contributed by atoms with Crippen molar-refractivity contribution in [2.24, 2.45) is 5.92 Å². The van der Waals surface area contributed by atoms with E-state index < -0.39 is 5.97 Å². The molecule has 3 nitrogen and oxygen atoms in total. The van der Waals surface area contributed by atoms with Gasteiger partial charge in [0.1, 0.15) is 0 Å². The molecule has 0 saturated heterocycles. The van der Waals surface area contributed by atoms with Gasteiger partial charge >= 0.3 is 5.97 Å². The van der Waals surface area contributed by atoms with Crippen molar-refractivity contribution in [3.63, 3.8) is 0 Å². The molecule has 1 N–H and O–H groups in total. The van der Waals surface area contributed by atoms with Crippen LogP contribution in [0.15, 0.2) is 18.3 Å². The van der Waals surface area contributed by atoms with Gasteiger partial charge in [0.2, 0.25) is 0 Å². The molecule has 1 rings (SSSR count). The average molecular weight is 249 g/mol. The molecule has 18 heavy (non-hydrogen) atoms. The van der Waals surface area contributed by atoms with Crippen molar-refractivity contribution in [1.29, 1.82) is 0 Å². The zero-order valence-electron chi connectivity index (χ0n) is 11.7. The highest BCUT2D eigenvalue weighted by Gasteiger charge is 2.22. The standard InChI is InChI=1S/C15H23NO2/c1-11-7-9-16-13(10-11)15(3,4)8-5-6-12(2)14(17)18/h7,9-10,12H,5-6,8H2,1-4H3,(H,17,18). The minimum Gasteiger partial charge on any atom is -0.481 e. The van der Waals surface area contributed by atoms with E-state index in [1.165, 1.54) is 5.56 Å². The average Bonchev–Trinajstić information content (AvgIpc) is 2.28. The highest BCUT2D eigenvalue weighted by atomic mass is 16.4. The summed E-state index contributed by atoms with van der Waals surface area (Å²) in [6, 6.07) is 4.10. The fraction of sp³-hybridized carbons (Fsp3) is 0.600. The van der Waals surface area contributed by atoms with Crippen LogP contribution in [0.5, 0.6) is 0 Å². The van der Waals surface area contributed by atoms with Crippen LogP contribution < -0.4 is 0 Å². The Hall–Kier alpha value is -1.38. The summed E-state index contributed by atoms with van der Waals surface area (Å²) in [5.74, 6) is -0.965. The van der Waals surface area contributed by atoms with Gasteiger partial charge in [0.05, 0.1) is 5.92 Å². The summed E-state index contributed by atoms with van der Waals surface area (Å²) in [7, 11) is 0. The summed E-state index contributed by atoms with van der Waals surface area (Å²) < 4.78 is 0. The van der Waals surface area contributed by atoms with Gasteiger partial charge in [-0.15, -0.1) is 0 Å². The fourth-order valence-electron chi connectivity index (χ4n) is 2.01. The number of aliphatic carboxylic acids is 1. The second-order valence-electron chi connectivity index (χ2n) is 5.73. The van der Waals surface area contributed by atoms with E-state index in [0.29, 0.717) is 0 Å². The number of hydrogen-bond donors (Lipinski definition) is 1. The van der Waals surface area contributed by atoms with E-state index in [9.17, 15) is 4.79 Å². The second-order valence-corrected chi connectivity index (χ2v) is 5.73. The largest absolute Gasteiger partial charge is 0.481 e. The predicted molar refractivity (Wildman–Crippen MR) is 72.7 cm³/mol. The number of aromatic nitrogens is 1. The molecule has 0 aliphatic rings. The van der Waals surface area contributed by atoms with E-state index in [-0.39, 0.29) is 11.3 Å². The van der Waals surface area contributed by atoms with Crippen LogP contribution in [-0.4, -0.2) is 16.1 Å². The molecule has 0 aliphatic heterocycles. The van der Waals surface area contributed by atoms with Gasteiger partial charge in [0.25, 0.3) is 0 Å². The van der Waals surface area contributed by atoms with Gasteiger partial charge in [-0.1, -0.05) is 27.2 Å². The summed E-state index contributed by atoms with van der Waals surface area (Å²) in [4.78, 5) is 15.2. The van der Waals surface area contributed by atoms with Crippen LogP contribution in [-0.2, 0) is 10.2 Å². The van der Waals surface area contributed by atoms with Crippen molar-refractivity contribution >= 4 is 5.97 Å². The van der Waals surface area contributed by atoms with E-state index in [4.69, 9.17) is 5.11 Å². The van der Waals surface area contributed by atoms with E-state index in [1.807, 2.05) is 12.3 Å². The van der Waals surface area contributed by atoms with Crippen molar-refractivity contribution in [3.8, 4) is 0 Å². The van der Waals surface area contributed by atoms with Gasteiger partial charge in [-0.25, -0.2) is 0 Å². The Morgan fingerprint density at radius 1 is 1.50 bits per heavy atom. The number of aryl methyl sites for hydroxylation is 1. The minimum atomic E-state index is -0.707. The lowest BCUT2D eigenvalue weighted by Gasteiger charge is -2.24. The molecule has 0 radical (unpaired) electrons. The number of pyridine rings is 1. The maximum absolute atomic E-state index is 10.8. The van der Waals surface area contributed by atoms with Crippen LogP contribution in [0.2, 0.25) is 0 Å². The van der Waals surface area contributed by atoms with Gasteiger partial charge in [0.15, 0.2) is 0 Å². The topological polar surface area (TPSA) is 50.2 Å². The van der Waals surface area contributed by atoms with Gasteiger partial charge in [-0.05, 0) is 37.5 Å².